The highest BCUT2D eigenvalue weighted by atomic mass is 79.9. The van der Waals surface area contributed by atoms with Crippen LogP contribution in [-0.4, -0.2) is 28.6 Å². The summed E-state index contributed by atoms with van der Waals surface area (Å²) in [6, 6.07) is 3.20. The quantitative estimate of drug-likeness (QED) is 0.805. The number of methoxy groups -OCH3 is 1. The molecule has 6 nitrogen and oxygen atoms in total. The van der Waals surface area contributed by atoms with Crippen LogP contribution in [0.5, 0.6) is 5.75 Å². The van der Waals surface area contributed by atoms with E-state index >= 15 is 0 Å². The zero-order valence-electron chi connectivity index (χ0n) is 13.0. The van der Waals surface area contributed by atoms with Crippen molar-refractivity contribution in [2.45, 2.75) is 6.18 Å². The summed E-state index contributed by atoms with van der Waals surface area (Å²) >= 11 is 3.01. The zero-order valence-corrected chi connectivity index (χ0v) is 14.6. The average Bonchev–Trinajstić information content (AvgIpc) is 2.62. The van der Waals surface area contributed by atoms with E-state index in [1.165, 1.54) is 18.5 Å². The Balaban J connectivity index is 2.03. The van der Waals surface area contributed by atoms with Gasteiger partial charge in [-0.1, -0.05) is 0 Å². The van der Waals surface area contributed by atoms with E-state index < -0.39 is 23.3 Å². The fourth-order valence-electron chi connectivity index (χ4n) is 2.37. The lowest BCUT2D eigenvalue weighted by Gasteiger charge is -2.19. The van der Waals surface area contributed by atoms with Crippen molar-refractivity contribution in [2.75, 3.05) is 12.4 Å². The maximum atomic E-state index is 13.1. The molecule has 0 unspecified atom stereocenters. The molecule has 134 valence electrons. The van der Waals surface area contributed by atoms with Gasteiger partial charge in [0.2, 0.25) is 11.6 Å². The lowest BCUT2D eigenvalue weighted by atomic mass is 10.0. The second kappa shape index (κ2) is 6.52. The van der Waals surface area contributed by atoms with Crippen molar-refractivity contribution in [1.82, 2.24) is 9.97 Å². The number of carbonyl (C=O) groups is 2. The van der Waals surface area contributed by atoms with Gasteiger partial charge in [0.1, 0.15) is 22.8 Å². The fraction of sp³-hybridized carbons (Fsp3) is 0.125. The van der Waals surface area contributed by atoms with Gasteiger partial charge in [0.15, 0.2) is 0 Å². The van der Waals surface area contributed by atoms with E-state index in [1.54, 1.807) is 0 Å². The number of halogens is 4. The van der Waals surface area contributed by atoms with Crippen LogP contribution in [0.1, 0.15) is 26.5 Å². The van der Waals surface area contributed by atoms with Gasteiger partial charge >= 0.3 is 6.18 Å². The summed E-state index contributed by atoms with van der Waals surface area (Å²) in [7, 11) is 1.12. The Kier molecular flexibility index (Phi) is 4.53. The number of ketones is 2. The molecule has 1 aromatic carbocycles. The molecule has 0 spiro atoms. The molecule has 2 aromatic rings. The van der Waals surface area contributed by atoms with Crippen LogP contribution < -0.4 is 10.1 Å². The van der Waals surface area contributed by atoms with Gasteiger partial charge in [-0.3, -0.25) is 9.59 Å². The molecule has 3 rings (SSSR count). The molecule has 0 radical (unpaired) electrons. The van der Waals surface area contributed by atoms with Crippen molar-refractivity contribution in [1.29, 1.82) is 0 Å². The maximum absolute atomic E-state index is 13.1. The number of rotatable bonds is 3. The van der Waals surface area contributed by atoms with Crippen molar-refractivity contribution in [3.63, 3.8) is 0 Å². The molecule has 0 amide bonds. The van der Waals surface area contributed by atoms with Gasteiger partial charge < -0.3 is 10.1 Å². The van der Waals surface area contributed by atoms with Crippen LogP contribution in [0.4, 0.5) is 18.9 Å². The van der Waals surface area contributed by atoms with Gasteiger partial charge in [0.25, 0.3) is 0 Å². The monoisotopic (exact) mass is 427 g/mol. The number of allylic oxidation sites excluding steroid dienone is 2. The van der Waals surface area contributed by atoms with Gasteiger partial charge in [0.05, 0.1) is 17.2 Å². The predicted octanol–water partition coefficient (Wildman–Crippen LogP) is 3.60. The molecule has 26 heavy (non-hydrogen) atoms. The number of carbonyl (C=O) groups excluding carboxylic acids is 2. The van der Waals surface area contributed by atoms with Crippen LogP contribution in [0, 0.1) is 0 Å². The van der Waals surface area contributed by atoms with Gasteiger partial charge in [-0.25, -0.2) is 9.97 Å². The molecule has 1 N–H and O–H groups in total. The first-order valence-corrected chi connectivity index (χ1v) is 7.85. The highest BCUT2D eigenvalue weighted by Gasteiger charge is 2.36. The number of anilines is 1. The summed E-state index contributed by atoms with van der Waals surface area (Å²) in [6.45, 7) is 0. The minimum atomic E-state index is -4.65. The largest absolute Gasteiger partial charge is 0.496 e. The topological polar surface area (TPSA) is 81.2 Å². The minimum Gasteiger partial charge on any atom is -0.496 e. The highest BCUT2D eigenvalue weighted by molar-refractivity contribution is 9.12. The number of aromatic nitrogens is 2. The molecule has 0 saturated heterocycles. The number of benzene rings is 1. The second-order valence-corrected chi connectivity index (χ2v) is 5.93. The summed E-state index contributed by atoms with van der Waals surface area (Å²) in [6.07, 6.45) is -2.14. The normalized spacial score (nSPS) is 14.3. The van der Waals surface area contributed by atoms with Crippen molar-refractivity contribution in [3.05, 3.63) is 57.7 Å². The van der Waals surface area contributed by atoms with E-state index in [2.05, 4.69) is 31.2 Å². The molecular weight excluding hydrogens is 419 g/mol. The molecule has 1 aromatic heterocycles. The molecule has 10 heteroatoms. The lowest BCUT2D eigenvalue weighted by molar-refractivity contribution is -0.138. The molecule has 1 heterocycles. The van der Waals surface area contributed by atoms with Crippen molar-refractivity contribution in [2.24, 2.45) is 0 Å². The number of nitrogens with one attached hydrogen (secondary N) is 1. The summed E-state index contributed by atoms with van der Waals surface area (Å²) in [5.41, 5.74) is -1.58. The number of nitrogens with zero attached hydrogens (tertiary/aromatic N) is 2. The molecule has 1 aliphatic rings. The Morgan fingerprint density at radius 3 is 2.27 bits per heavy atom. The number of hydrogen-bond donors (Lipinski definition) is 1. The first-order valence-electron chi connectivity index (χ1n) is 7.06. The number of fused-ring (bicyclic) bond motifs is 1. The van der Waals surface area contributed by atoms with Gasteiger partial charge in [-0.05, 0) is 34.1 Å². The van der Waals surface area contributed by atoms with Crippen LogP contribution >= 0.6 is 15.9 Å². The van der Waals surface area contributed by atoms with E-state index in [4.69, 9.17) is 4.74 Å². The molecule has 0 saturated carbocycles. The number of hydrogen-bond acceptors (Lipinski definition) is 6. The number of Topliss-reactive ketones (excluding diaryl/α,β-unsaturated/α-hetero) is 2. The highest BCUT2D eigenvalue weighted by Crippen LogP contribution is 2.38. The van der Waals surface area contributed by atoms with Crippen LogP contribution in [0.3, 0.4) is 0 Å². The Morgan fingerprint density at radius 2 is 1.69 bits per heavy atom. The predicted molar refractivity (Wildman–Crippen MR) is 88.3 cm³/mol. The Hall–Kier alpha value is -2.75. The van der Waals surface area contributed by atoms with Crippen molar-refractivity contribution >= 4 is 33.2 Å². The number of ether oxygens (including phenoxy) is 1. The van der Waals surface area contributed by atoms with E-state index in [0.29, 0.717) is 0 Å². The smallest absolute Gasteiger partial charge is 0.420 e. The zero-order chi connectivity index (χ0) is 19.1. The van der Waals surface area contributed by atoms with Gasteiger partial charge in [0, 0.05) is 18.1 Å². The van der Waals surface area contributed by atoms with Crippen molar-refractivity contribution in [3.8, 4) is 5.75 Å². The van der Waals surface area contributed by atoms with Gasteiger partial charge in [-0.15, -0.1) is 0 Å². The molecule has 0 aliphatic heterocycles. The van der Waals surface area contributed by atoms with E-state index in [-0.39, 0.29) is 33.0 Å². The summed E-state index contributed by atoms with van der Waals surface area (Å²) < 4.78 is 44.0. The molecule has 0 fully saturated rings. The second-order valence-electron chi connectivity index (χ2n) is 5.14. The van der Waals surface area contributed by atoms with Gasteiger partial charge in [-0.2, -0.15) is 13.2 Å². The summed E-state index contributed by atoms with van der Waals surface area (Å²) in [5, 5.41) is 2.55. The Labute approximate surface area is 153 Å². The van der Waals surface area contributed by atoms with Crippen LogP contribution in [0.25, 0.3) is 0 Å². The first kappa shape index (κ1) is 18.1. The number of alkyl halides is 3. The van der Waals surface area contributed by atoms with E-state index in [9.17, 15) is 22.8 Å². The van der Waals surface area contributed by atoms with Crippen LogP contribution in [-0.2, 0) is 6.18 Å². The van der Waals surface area contributed by atoms with E-state index in [0.717, 1.165) is 19.2 Å². The lowest BCUT2D eigenvalue weighted by Crippen LogP contribution is -2.26. The molecular formula is C16H9BrF3N3O3. The molecule has 0 atom stereocenters. The molecule has 1 aliphatic carbocycles. The Morgan fingerprint density at radius 1 is 1.08 bits per heavy atom. The fourth-order valence-corrected chi connectivity index (χ4v) is 2.84. The summed E-state index contributed by atoms with van der Waals surface area (Å²) in [4.78, 5) is 32.5. The van der Waals surface area contributed by atoms with Crippen LogP contribution in [0.2, 0.25) is 0 Å². The van der Waals surface area contributed by atoms with Crippen LogP contribution in [0.15, 0.2) is 40.8 Å². The van der Waals surface area contributed by atoms with Crippen molar-refractivity contribution < 1.29 is 27.5 Å². The maximum Gasteiger partial charge on any atom is 0.420 e. The third-order valence-corrected chi connectivity index (χ3v) is 4.31. The standard InChI is InChI=1S/C16H9BrF3N3O3/c1-26-9-3-2-7(6-8(9)16(18,19)20)23-11-10(17)14(24)12-13(15(11)25)22-5-4-21-12/h2-6,23H,1H3. The minimum absolute atomic E-state index is 0.0430. The summed E-state index contributed by atoms with van der Waals surface area (Å²) in [5.74, 6) is -1.62. The first-order chi connectivity index (χ1) is 12.2. The SMILES string of the molecule is COc1ccc(NC2=C(Br)C(=O)c3nccnc3C2=O)cc1C(F)(F)F. The third-order valence-electron chi connectivity index (χ3n) is 3.55. The molecule has 0 bridgehead atoms. The Bertz CT molecular complexity index is 957. The van der Waals surface area contributed by atoms with E-state index in [1.807, 2.05) is 0 Å². The average molecular weight is 428 g/mol. The third kappa shape index (κ3) is 3.07.